The minimum atomic E-state index is -0.722. The molecule has 0 aliphatic rings. The smallest absolute Gasteiger partial charge is 0.241 e. The van der Waals surface area contributed by atoms with Gasteiger partial charge in [0.25, 0.3) is 0 Å². The maximum atomic E-state index is 13.2. The van der Waals surface area contributed by atoms with Gasteiger partial charge in [0, 0.05) is 19.4 Å². The Kier molecular flexibility index (Phi) is 5.81. The number of carbonyl (C=O) groups excluding carboxylic acids is 1. The summed E-state index contributed by atoms with van der Waals surface area (Å²) in [6, 6.07) is 1.82. The monoisotopic (exact) mass is 294 g/mol. The molecule has 0 bridgehead atoms. The second-order valence-electron chi connectivity index (χ2n) is 3.63. The van der Waals surface area contributed by atoms with E-state index < -0.39 is 17.8 Å². The van der Waals surface area contributed by atoms with E-state index in [1.165, 1.54) is 19.2 Å². The van der Waals surface area contributed by atoms with E-state index in [0.717, 1.165) is 0 Å². The van der Waals surface area contributed by atoms with Crippen LogP contribution in [0.4, 0.5) is 10.1 Å². The van der Waals surface area contributed by atoms with Gasteiger partial charge in [-0.05, 0) is 18.6 Å². The van der Waals surface area contributed by atoms with E-state index in [4.69, 9.17) is 33.7 Å². The zero-order chi connectivity index (χ0) is 13.7. The number of hydrogen-bond donors (Lipinski definition) is 2. The fraction of sp³-hybridized carbons (Fsp3) is 0.364. The van der Waals surface area contributed by atoms with E-state index in [9.17, 15) is 9.18 Å². The summed E-state index contributed by atoms with van der Waals surface area (Å²) in [6.45, 7) is 0.375. The Bertz CT molecular complexity index is 420. The molecular formula is C11H13Cl2FN2O2. The van der Waals surface area contributed by atoms with Crippen molar-refractivity contribution in [3.05, 3.63) is 28.0 Å². The van der Waals surface area contributed by atoms with Crippen LogP contribution in [0.15, 0.2) is 12.1 Å². The molecule has 7 heteroatoms. The summed E-state index contributed by atoms with van der Waals surface area (Å²) in [5, 5.41) is 2.18. The van der Waals surface area contributed by atoms with Gasteiger partial charge in [-0.25, -0.2) is 4.39 Å². The van der Waals surface area contributed by atoms with Crippen molar-refractivity contribution in [2.45, 2.75) is 12.5 Å². The number of ether oxygens (including phenoxy) is 1. The number of benzene rings is 1. The second-order valence-corrected chi connectivity index (χ2v) is 4.45. The third-order valence-electron chi connectivity index (χ3n) is 2.22. The van der Waals surface area contributed by atoms with Crippen molar-refractivity contribution in [2.24, 2.45) is 5.73 Å². The molecule has 1 aromatic rings. The molecule has 0 saturated carbocycles. The average molecular weight is 295 g/mol. The lowest BCUT2D eigenvalue weighted by Gasteiger charge is -2.12. The van der Waals surface area contributed by atoms with E-state index in [0.29, 0.717) is 18.7 Å². The Morgan fingerprint density at radius 2 is 2.06 bits per heavy atom. The van der Waals surface area contributed by atoms with Crippen molar-refractivity contribution in [1.82, 2.24) is 0 Å². The Morgan fingerprint density at radius 1 is 1.50 bits per heavy atom. The van der Waals surface area contributed by atoms with Crippen LogP contribution < -0.4 is 11.1 Å². The highest BCUT2D eigenvalue weighted by Crippen LogP contribution is 2.27. The molecular weight excluding hydrogens is 282 g/mol. The van der Waals surface area contributed by atoms with Crippen LogP contribution in [0.5, 0.6) is 0 Å². The summed E-state index contributed by atoms with van der Waals surface area (Å²) in [7, 11) is 1.52. The maximum absolute atomic E-state index is 13.2. The standard InChI is InChI=1S/C11H13Cl2FN2O2/c1-18-3-2-9(15)11(17)16-6-4-7(12)10(14)8(13)5-6/h4-5,9H,2-3,15H2,1H3,(H,16,17). The van der Waals surface area contributed by atoms with Crippen molar-refractivity contribution >= 4 is 34.8 Å². The number of anilines is 1. The highest BCUT2D eigenvalue weighted by molar-refractivity contribution is 6.35. The molecule has 1 unspecified atom stereocenters. The van der Waals surface area contributed by atoms with Crippen LogP contribution >= 0.6 is 23.2 Å². The normalized spacial score (nSPS) is 12.3. The van der Waals surface area contributed by atoms with Gasteiger partial charge in [-0.15, -0.1) is 0 Å². The SMILES string of the molecule is COCCC(N)C(=O)Nc1cc(Cl)c(F)c(Cl)c1. The second kappa shape index (κ2) is 6.89. The highest BCUT2D eigenvalue weighted by atomic mass is 35.5. The van der Waals surface area contributed by atoms with Gasteiger partial charge in [-0.2, -0.15) is 0 Å². The van der Waals surface area contributed by atoms with Gasteiger partial charge >= 0.3 is 0 Å². The minimum absolute atomic E-state index is 0.164. The van der Waals surface area contributed by atoms with Crippen LogP contribution in [0.2, 0.25) is 10.0 Å². The lowest BCUT2D eigenvalue weighted by Crippen LogP contribution is -2.36. The number of hydrogen-bond acceptors (Lipinski definition) is 3. The average Bonchev–Trinajstić information content (AvgIpc) is 2.32. The van der Waals surface area contributed by atoms with E-state index in [1.807, 2.05) is 0 Å². The van der Waals surface area contributed by atoms with E-state index in [1.54, 1.807) is 0 Å². The Hall–Kier alpha value is -0.880. The molecule has 0 fully saturated rings. The molecule has 0 aliphatic carbocycles. The first-order valence-corrected chi connectivity index (χ1v) is 5.91. The van der Waals surface area contributed by atoms with Crippen LogP contribution in [0.1, 0.15) is 6.42 Å². The Balaban J connectivity index is 2.70. The summed E-state index contributed by atoms with van der Waals surface area (Å²) < 4.78 is 18.0. The van der Waals surface area contributed by atoms with Gasteiger partial charge < -0.3 is 15.8 Å². The molecule has 1 rings (SSSR count). The van der Waals surface area contributed by atoms with Crippen LogP contribution in [0.25, 0.3) is 0 Å². The topological polar surface area (TPSA) is 64.3 Å². The van der Waals surface area contributed by atoms with Gasteiger partial charge in [-0.3, -0.25) is 4.79 Å². The number of carbonyl (C=O) groups is 1. The summed E-state index contributed by atoms with van der Waals surface area (Å²) in [4.78, 5) is 11.7. The first-order valence-electron chi connectivity index (χ1n) is 5.15. The first kappa shape index (κ1) is 15.2. The van der Waals surface area contributed by atoms with Gasteiger partial charge in [0.2, 0.25) is 5.91 Å². The molecule has 0 radical (unpaired) electrons. The third kappa shape index (κ3) is 4.10. The van der Waals surface area contributed by atoms with Crippen LogP contribution in [-0.4, -0.2) is 25.7 Å². The first-order chi connectivity index (χ1) is 8.45. The molecule has 0 aromatic heterocycles. The molecule has 1 amide bonds. The molecule has 100 valence electrons. The summed E-state index contributed by atoms with van der Waals surface area (Å²) >= 11 is 11.2. The Labute approximate surface area is 114 Å². The van der Waals surface area contributed by atoms with Gasteiger partial charge in [-0.1, -0.05) is 23.2 Å². The van der Waals surface area contributed by atoms with Crippen LogP contribution in [-0.2, 0) is 9.53 Å². The molecule has 0 aliphatic heterocycles. The third-order valence-corrected chi connectivity index (χ3v) is 2.77. The van der Waals surface area contributed by atoms with Crippen molar-refractivity contribution in [3.8, 4) is 0 Å². The van der Waals surface area contributed by atoms with E-state index in [-0.39, 0.29) is 10.0 Å². The minimum Gasteiger partial charge on any atom is -0.385 e. The van der Waals surface area contributed by atoms with Crippen molar-refractivity contribution in [2.75, 3.05) is 19.0 Å². The summed E-state index contributed by atoms with van der Waals surface area (Å²) in [6.07, 6.45) is 0.380. The lowest BCUT2D eigenvalue weighted by atomic mass is 10.2. The number of rotatable bonds is 5. The van der Waals surface area contributed by atoms with E-state index >= 15 is 0 Å². The summed E-state index contributed by atoms with van der Waals surface area (Å²) in [5.41, 5.74) is 5.92. The highest BCUT2D eigenvalue weighted by Gasteiger charge is 2.15. The molecule has 1 aromatic carbocycles. The van der Waals surface area contributed by atoms with E-state index in [2.05, 4.69) is 5.32 Å². The number of halogens is 3. The van der Waals surface area contributed by atoms with Gasteiger partial charge in [0.05, 0.1) is 16.1 Å². The fourth-order valence-corrected chi connectivity index (χ4v) is 1.73. The summed E-state index contributed by atoms with van der Waals surface area (Å²) in [5.74, 6) is -1.13. The fourth-order valence-electron chi connectivity index (χ4n) is 1.24. The molecule has 18 heavy (non-hydrogen) atoms. The largest absolute Gasteiger partial charge is 0.385 e. The molecule has 0 heterocycles. The zero-order valence-corrected chi connectivity index (χ0v) is 11.2. The van der Waals surface area contributed by atoms with Crippen molar-refractivity contribution in [1.29, 1.82) is 0 Å². The van der Waals surface area contributed by atoms with Crippen molar-refractivity contribution < 1.29 is 13.9 Å². The molecule has 1 atom stereocenters. The predicted molar refractivity (Wildman–Crippen MR) is 69.5 cm³/mol. The number of nitrogens with one attached hydrogen (secondary N) is 1. The maximum Gasteiger partial charge on any atom is 0.241 e. The lowest BCUT2D eigenvalue weighted by molar-refractivity contribution is -0.117. The molecule has 0 saturated heterocycles. The van der Waals surface area contributed by atoms with Gasteiger partial charge in [0.15, 0.2) is 5.82 Å². The molecule has 3 N–H and O–H groups in total. The van der Waals surface area contributed by atoms with Crippen molar-refractivity contribution in [3.63, 3.8) is 0 Å². The zero-order valence-electron chi connectivity index (χ0n) is 9.67. The Morgan fingerprint density at radius 3 is 2.56 bits per heavy atom. The number of nitrogens with two attached hydrogens (primary N) is 1. The number of amides is 1. The van der Waals surface area contributed by atoms with Crippen LogP contribution in [0.3, 0.4) is 0 Å². The quantitative estimate of drug-likeness (QED) is 0.820. The number of methoxy groups -OCH3 is 1. The molecule has 4 nitrogen and oxygen atoms in total. The van der Waals surface area contributed by atoms with Gasteiger partial charge in [0.1, 0.15) is 0 Å². The molecule has 0 spiro atoms. The van der Waals surface area contributed by atoms with Crippen LogP contribution in [0, 0.1) is 5.82 Å². The predicted octanol–water partition coefficient (Wildman–Crippen LogP) is 2.43.